The number of hydrogen-bond donors (Lipinski definition) is 1. The molecule has 0 saturated carbocycles. The summed E-state index contributed by atoms with van der Waals surface area (Å²) in [5, 5.41) is 9.83. The van der Waals surface area contributed by atoms with Gasteiger partial charge in [0, 0.05) is 5.57 Å². The maximum absolute atomic E-state index is 12.5. The molecule has 2 aromatic rings. The molecule has 0 spiro atoms. The smallest absolute Gasteiger partial charge is 0.196 e. The molecule has 0 aromatic heterocycles. The van der Waals surface area contributed by atoms with Gasteiger partial charge in [-0.15, -0.1) is 0 Å². The first-order valence-corrected chi connectivity index (χ1v) is 7.43. The molecular formula is C17H13BrO4. The van der Waals surface area contributed by atoms with Crippen molar-refractivity contribution in [2.24, 2.45) is 0 Å². The number of methoxy groups -OCH3 is 1. The maximum Gasteiger partial charge on any atom is 0.196 e. The number of hydrogen-bond acceptors (Lipinski definition) is 4. The van der Waals surface area contributed by atoms with Crippen LogP contribution in [0.2, 0.25) is 0 Å². The van der Waals surface area contributed by atoms with Gasteiger partial charge < -0.3 is 14.6 Å². The standard InChI is InChI=1S/C17H13BrO4/c1-21-15-8-10(7-13(18)17(15)20)6-11-9-22-14-5-3-2-4-12(14)16(11)19/h2-8,20H,9H2,1H3/b11-6+. The lowest BCUT2D eigenvalue weighted by atomic mass is 9.98. The Morgan fingerprint density at radius 1 is 1.32 bits per heavy atom. The van der Waals surface area contributed by atoms with Crippen molar-refractivity contribution in [3.63, 3.8) is 0 Å². The molecular weight excluding hydrogens is 348 g/mol. The van der Waals surface area contributed by atoms with Crippen molar-refractivity contribution in [1.29, 1.82) is 0 Å². The molecule has 0 aliphatic carbocycles. The van der Waals surface area contributed by atoms with Crippen molar-refractivity contribution < 1.29 is 19.4 Å². The fraction of sp³-hybridized carbons (Fsp3) is 0.118. The molecule has 0 saturated heterocycles. The first-order valence-electron chi connectivity index (χ1n) is 6.63. The second-order valence-corrected chi connectivity index (χ2v) is 5.69. The Bertz CT molecular complexity index is 780. The van der Waals surface area contributed by atoms with Crippen LogP contribution in [0.5, 0.6) is 17.2 Å². The van der Waals surface area contributed by atoms with Crippen molar-refractivity contribution in [2.75, 3.05) is 13.7 Å². The Kier molecular flexibility index (Phi) is 3.90. The van der Waals surface area contributed by atoms with Crippen LogP contribution in [0.1, 0.15) is 15.9 Å². The largest absolute Gasteiger partial charge is 0.503 e. The number of carbonyl (C=O) groups is 1. The Balaban J connectivity index is 2.00. The highest BCUT2D eigenvalue weighted by Gasteiger charge is 2.22. The fourth-order valence-electron chi connectivity index (χ4n) is 2.32. The quantitative estimate of drug-likeness (QED) is 0.827. The number of halogens is 1. The van der Waals surface area contributed by atoms with Crippen LogP contribution < -0.4 is 9.47 Å². The van der Waals surface area contributed by atoms with E-state index in [1.54, 1.807) is 30.3 Å². The maximum atomic E-state index is 12.5. The first-order chi connectivity index (χ1) is 10.6. The van der Waals surface area contributed by atoms with Crippen LogP contribution in [0.3, 0.4) is 0 Å². The number of ketones is 1. The predicted molar refractivity (Wildman–Crippen MR) is 86.6 cm³/mol. The molecule has 0 fully saturated rings. The van der Waals surface area contributed by atoms with E-state index in [0.717, 1.165) is 5.56 Å². The number of ether oxygens (including phenoxy) is 2. The average Bonchev–Trinajstić information content (AvgIpc) is 2.53. The van der Waals surface area contributed by atoms with Gasteiger partial charge in [-0.3, -0.25) is 4.79 Å². The van der Waals surface area contributed by atoms with Crippen LogP contribution in [0, 0.1) is 0 Å². The molecule has 2 aromatic carbocycles. The molecule has 0 atom stereocenters. The lowest BCUT2D eigenvalue weighted by Crippen LogP contribution is -2.18. The zero-order valence-corrected chi connectivity index (χ0v) is 13.4. The van der Waals surface area contributed by atoms with Crippen LogP contribution in [0.15, 0.2) is 46.4 Å². The number of carbonyl (C=O) groups excluding carboxylic acids is 1. The third kappa shape index (κ3) is 2.60. The van der Waals surface area contributed by atoms with Gasteiger partial charge in [0.25, 0.3) is 0 Å². The summed E-state index contributed by atoms with van der Waals surface area (Å²) in [5.41, 5.74) is 1.86. The minimum absolute atomic E-state index is 0.0289. The SMILES string of the molecule is COc1cc(/C=C2\COc3ccccc3C2=O)cc(Br)c1O. The fourth-order valence-corrected chi connectivity index (χ4v) is 2.77. The van der Waals surface area contributed by atoms with Crippen molar-refractivity contribution in [2.45, 2.75) is 0 Å². The summed E-state index contributed by atoms with van der Waals surface area (Å²) in [6, 6.07) is 10.6. The Hall–Kier alpha value is -2.27. The van der Waals surface area contributed by atoms with Crippen LogP contribution >= 0.6 is 15.9 Å². The van der Waals surface area contributed by atoms with E-state index < -0.39 is 0 Å². The number of phenolic OH excluding ortho intramolecular Hbond substituents is 1. The molecule has 3 rings (SSSR count). The van der Waals surface area contributed by atoms with Gasteiger partial charge in [-0.2, -0.15) is 0 Å². The zero-order chi connectivity index (χ0) is 15.7. The van der Waals surface area contributed by atoms with E-state index >= 15 is 0 Å². The van der Waals surface area contributed by atoms with Gasteiger partial charge in [0.05, 0.1) is 17.1 Å². The third-order valence-electron chi connectivity index (χ3n) is 3.42. The molecule has 1 aliphatic heterocycles. The molecule has 0 unspecified atom stereocenters. The molecule has 1 heterocycles. The van der Waals surface area contributed by atoms with E-state index in [2.05, 4.69) is 15.9 Å². The summed E-state index contributed by atoms with van der Waals surface area (Å²) < 4.78 is 11.2. The molecule has 1 N–H and O–H groups in total. The van der Waals surface area contributed by atoms with Gasteiger partial charge in [-0.05, 0) is 51.8 Å². The van der Waals surface area contributed by atoms with E-state index in [-0.39, 0.29) is 18.1 Å². The van der Waals surface area contributed by atoms with E-state index in [1.807, 2.05) is 12.1 Å². The van der Waals surface area contributed by atoms with Crippen LogP contribution in [0.4, 0.5) is 0 Å². The summed E-state index contributed by atoms with van der Waals surface area (Å²) in [4.78, 5) is 12.5. The van der Waals surface area contributed by atoms with Crippen molar-refractivity contribution in [1.82, 2.24) is 0 Å². The second-order valence-electron chi connectivity index (χ2n) is 4.84. The number of aromatic hydroxyl groups is 1. The number of phenols is 1. The number of Topliss-reactive ketones (excluding diaryl/α,β-unsaturated/α-hetero) is 1. The second kappa shape index (κ2) is 5.85. The highest BCUT2D eigenvalue weighted by Crippen LogP contribution is 2.36. The van der Waals surface area contributed by atoms with E-state index in [0.29, 0.717) is 27.1 Å². The number of para-hydroxylation sites is 1. The number of benzene rings is 2. The third-order valence-corrected chi connectivity index (χ3v) is 4.02. The molecule has 22 heavy (non-hydrogen) atoms. The van der Waals surface area contributed by atoms with Crippen molar-refractivity contribution >= 4 is 27.8 Å². The van der Waals surface area contributed by atoms with Crippen LogP contribution in [-0.4, -0.2) is 24.6 Å². The van der Waals surface area contributed by atoms with Crippen LogP contribution in [-0.2, 0) is 0 Å². The Morgan fingerprint density at radius 3 is 2.86 bits per heavy atom. The molecule has 0 bridgehead atoms. The zero-order valence-electron chi connectivity index (χ0n) is 11.8. The highest BCUT2D eigenvalue weighted by atomic mass is 79.9. The first kappa shape index (κ1) is 14.7. The van der Waals surface area contributed by atoms with Crippen molar-refractivity contribution in [3.05, 3.63) is 57.6 Å². The minimum atomic E-state index is -0.0509. The molecule has 1 aliphatic rings. The monoisotopic (exact) mass is 360 g/mol. The molecule has 0 radical (unpaired) electrons. The number of fused-ring (bicyclic) bond motifs is 1. The van der Waals surface area contributed by atoms with Gasteiger partial charge in [0.2, 0.25) is 0 Å². The molecule has 5 heteroatoms. The summed E-state index contributed by atoms with van der Waals surface area (Å²) in [5.74, 6) is 0.922. The lowest BCUT2D eigenvalue weighted by Gasteiger charge is -2.18. The van der Waals surface area contributed by atoms with Gasteiger partial charge in [-0.1, -0.05) is 12.1 Å². The van der Waals surface area contributed by atoms with E-state index in [4.69, 9.17) is 9.47 Å². The van der Waals surface area contributed by atoms with Gasteiger partial charge in [-0.25, -0.2) is 0 Å². The molecule has 112 valence electrons. The summed E-state index contributed by atoms with van der Waals surface area (Å²) in [7, 11) is 1.48. The lowest BCUT2D eigenvalue weighted by molar-refractivity contribution is 0.100. The summed E-state index contributed by atoms with van der Waals surface area (Å²) >= 11 is 3.27. The van der Waals surface area contributed by atoms with E-state index in [1.165, 1.54) is 7.11 Å². The normalized spacial score (nSPS) is 15.4. The predicted octanol–water partition coefficient (Wildman–Crippen LogP) is 3.82. The van der Waals surface area contributed by atoms with Crippen molar-refractivity contribution in [3.8, 4) is 17.2 Å². The van der Waals surface area contributed by atoms with Gasteiger partial charge in [0.15, 0.2) is 17.3 Å². The highest BCUT2D eigenvalue weighted by molar-refractivity contribution is 9.10. The van der Waals surface area contributed by atoms with Crippen LogP contribution in [0.25, 0.3) is 6.08 Å². The Morgan fingerprint density at radius 2 is 2.09 bits per heavy atom. The number of rotatable bonds is 2. The van der Waals surface area contributed by atoms with Gasteiger partial charge >= 0.3 is 0 Å². The minimum Gasteiger partial charge on any atom is -0.503 e. The Labute approximate surface area is 136 Å². The average molecular weight is 361 g/mol. The summed E-state index contributed by atoms with van der Waals surface area (Å²) in [6.45, 7) is 0.219. The molecule has 4 nitrogen and oxygen atoms in total. The summed E-state index contributed by atoms with van der Waals surface area (Å²) in [6.07, 6.45) is 1.74. The van der Waals surface area contributed by atoms with E-state index in [9.17, 15) is 9.90 Å². The molecule has 0 amide bonds. The topological polar surface area (TPSA) is 55.8 Å². The van der Waals surface area contributed by atoms with Gasteiger partial charge in [0.1, 0.15) is 12.4 Å².